The minimum Gasteiger partial charge on any atom is -0.465 e. The molecule has 0 atom stereocenters. The lowest BCUT2D eigenvalue weighted by atomic mass is 9.93. The van der Waals surface area contributed by atoms with Crippen molar-refractivity contribution in [3.8, 4) is 0 Å². The van der Waals surface area contributed by atoms with E-state index in [0.717, 1.165) is 30.6 Å². The number of methoxy groups -OCH3 is 1. The van der Waals surface area contributed by atoms with Crippen molar-refractivity contribution in [3.05, 3.63) is 10.4 Å². The van der Waals surface area contributed by atoms with Gasteiger partial charge < -0.3 is 21.5 Å². The maximum atomic E-state index is 11.7. The van der Waals surface area contributed by atoms with Gasteiger partial charge in [-0.1, -0.05) is 0 Å². The Morgan fingerprint density at radius 2 is 2.11 bits per heavy atom. The molecule has 1 amide bonds. The second-order valence-electron chi connectivity index (χ2n) is 4.18. The van der Waals surface area contributed by atoms with E-state index < -0.39 is 11.9 Å². The lowest BCUT2D eigenvalue weighted by molar-refractivity contribution is 0.0603. The number of nitrogen functional groups attached to an aromatic ring is 1. The summed E-state index contributed by atoms with van der Waals surface area (Å²) in [5, 5.41) is 3.78. The van der Waals surface area contributed by atoms with Crippen LogP contribution >= 0.6 is 11.3 Å². The lowest BCUT2D eigenvalue weighted by Crippen LogP contribution is -2.27. The number of primary amides is 1. The Hall–Kier alpha value is -1.76. The van der Waals surface area contributed by atoms with Crippen molar-refractivity contribution in [2.75, 3.05) is 18.2 Å². The number of anilines is 2. The molecule has 6 nitrogen and oxygen atoms in total. The van der Waals surface area contributed by atoms with Crippen LogP contribution in [0.5, 0.6) is 0 Å². The van der Waals surface area contributed by atoms with Crippen molar-refractivity contribution in [1.29, 1.82) is 0 Å². The summed E-state index contributed by atoms with van der Waals surface area (Å²) in [5.74, 6) is -1.19. The van der Waals surface area contributed by atoms with E-state index in [9.17, 15) is 9.59 Å². The van der Waals surface area contributed by atoms with Crippen LogP contribution in [0.4, 0.5) is 10.7 Å². The average Bonchev–Trinajstić information content (AvgIpc) is 2.60. The minimum absolute atomic E-state index is 0.0983. The number of nitrogens with two attached hydrogens (primary N) is 2. The van der Waals surface area contributed by atoms with Crippen molar-refractivity contribution < 1.29 is 14.3 Å². The molecule has 2 rings (SSSR count). The summed E-state index contributed by atoms with van der Waals surface area (Å²) < 4.78 is 4.68. The van der Waals surface area contributed by atoms with Crippen LogP contribution in [0.1, 0.15) is 39.3 Å². The van der Waals surface area contributed by atoms with Gasteiger partial charge in [-0.15, -0.1) is 11.3 Å². The smallest absolute Gasteiger partial charge is 0.343 e. The number of hydrogen-bond donors (Lipinski definition) is 3. The maximum absolute atomic E-state index is 11.7. The Kier molecular flexibility index (Phi) is 3.42. The molecular weight excluding hydrogens is 254 g/mol. The van der Waals surface area contributed by atoms with Gasteiger partial charge in [-0.2, -0.15) is 0 Å². The minimum atomic E-state index is -0.635. The van der Waals surface area contributed by atoms with Crippen molar-refractivity contribution >= 4 is 33.9 Å². The van der Waals surface area contributed by atoms with E-state index in [1.54, 1.807) is 0 Å². The van der Waals surface area contributed by atoms with Crippen LogP contribution in [-0.4, -0.2) is 25.0 Å². The number of ether oxygens (including phenoxy) is 1. The molecule has 0 bridgehead atoms. The monoisotopic (exact) mass is 269 g/mol. The topological polar surface area (TPSA) is 107 Å². The zero-order valence-corrected chi connectivity index (χ0v) is 10.8. The number of thiophene rings is 1. The summed E-state index contributed by atoms with van der Waals surface area (Å²) >= 11 is 1.10. The van der Waals surface area contributed by atoms with Gasteiger partial charge in [0.25, 0.3) is 5.91 Å². The molecule has 5 N–H and O–H groups in total. The van der Waals surface area contributed by atoms with Crippen LogP contribution in [0.2, 0.25) is 0 Å². The number of rotatable bonds is 4. The molecule has 98 valence electrons. The Balaban J connectivity index is 2.38. The normalized spacial score (nSPS) is 14.9. The standard InChI is InChI=1S/C11H15N3O3S/c1-17-11(16)6-7(12)8(9(13)15)18-10(6)14-5-3-2-4-5/h5,14H,2-4,12H2,1H3,(H2,13,15). The molecule has 1 aromatic rings. The largest absolute Gasteiger partial charge is 0.465 e. The summed E-state index contributed by atoms with van der Waals surface area (Å²) in [6, 6.07) is 0.326. The van der Waals surface area contributed by atoms with Gasteiger partial charge in [0, 0.05) is 6.04 Å². The van der Waals surface area contributed by atoms with Crippen molar-refractivity contribution in [2.45, 2.75) is 25.3 Å². The van der Waals surface area contributed by atoms with Crippen LogP contribution in [0.25, 0.3) is 0 Å². The number of carbonyl (C=O) groups excluding carboxylic acids is 2. The molecule has 0 radical (unpaired) electrons. The second-order valence-corrected chi connectivity index (χ2v) is 5.20. The Bertz CT molecular complexity index is 494. The number of amides is 1. The maximum Gasteiger partial charge on any atom is 0.343 e. The first-order valence-electron chi connectivity index (χ1n) is 5.61. The molecule has 0 saturated heterocycles. The Morgan fingerprint density at radius 1 is 1.44 bits per heavy atom. The fraction of sp³-hybridized carbons (Fsp3) is 0.455. The van der Waals surface area contributed by atoms with E-state index in [1.807, 2.05) is 0 Å². The zero-order chi connectivity index (χ0) is 13.3. The first kappa shape index (κ1) is 12.7. The predicted molar refractivity (Wildman–Crippen MR) is 69.9 cm³/mol. The van der Waals surface area contributed by atoms with Crippen LogP contribution in [0.15, 0.2) is 0 Å². The highest BCUT2D eigenvalue weighted by molar-refractivity contribution is 7.19. The van der Waals surface area contributed by atoms with Gasteiger partial charge in [0.15, 0.2) is 0 Å². The van der Waals surface area contributed by atoms with E-state index in [4.69, 9.17) is 11.5 Å². The molecular formula is C11H15N3O3S. The quantitative estimate of drug-likeness (QED) is 0.711. The van der Waals surface area contributed by atoms with Gasteiger partial charge in [-0.25, -0.2) is 4.79 Å². The van der Waals surface area contributed by atoms with E-state index >= 15 is 0 Å². The predicted octanol–water partition coefficient (Wildman–Crippen LogP) is 1.18. The highest BCUT2D eigenvalue weighted by Crippen LogP contribution is 2.38. The average molecular weight is 269 g/mol. The fourth-order valence-corrected chi connectivity index (χ4v) is 2.81. The Labute approximate surface area is 108 Å². The summed E-state index contributed by atoms with van der Waals surface area (Å²) in [7, 11) is 1.27. The summed E-state index contributed by atoms with van der Waals surface area (Å²) in [5.41, 5.74) is 11.3. The first-order valence-corrected chi connectivity index (χ1v) is 6.43. The molecule has 1 aliphatic carbocycles. The molecule has 18 heavy (non-hydrogen) atoms. The molecule has 1 saturated carbocycles. The molecule has 0 unspecified atom stereocenters. The van der Waals surface area contributed by atoms with E-state index in [0.29, 0.717) is 11.0 Å². The van der Waals surface area contributed by atoms with Gasteiger partial charge in [0.2, 0.25) is 0 Å². The number of hydrogen-bond acceptors (Lipinski definition) is 6. The zero-order valence-electron chi connectivity index (χ0n) is 9.99. The fourth-order valence-electron chi connectivity index (χ4n) is 1.77. The van der Waals surface area contributed by atoms with E-state index in [-0.39, 0.29) is 16.1 Å². The van der Waals surface area contributed by atoms with Crippen LogP contribution in [0, 0.1) is 0 Å². The number of esters is 1. The lowest BCUT2D eigenvalue weighted by Gasteiger charge is -2.27. The highest BCUT2D eigenvalue weighted by atomic mass is 32.1. The molecule has 1 aliphatic rings. The highest BCUT2D eigenvalue weighted by Gasteiger charge is 2.27. The van der Waals surface area contributed by atoms with Crippen molar-refractivity contribution in [1.82, 2.24) is 0 Å². The second kappa shape index (κ2) is 4.85. The van der Waals surface area contributed by atoms with Crippen LogP contribution < -0.4 is 16.8 Å². The molecule has 0 aromatic carbocycles. The third-order valence-corrected chi connectivity index (χ3v) is 4.15. The third-order valence-electron chi connectivity index (χ3n) is 3.00. The first-order chi connectivity index (χ1) is 8.54. The summed E-state index contributed by atoms with van der Waals surface area (Å²) in [6.45, 7) is 0. The van der Waals surface area contributed by atoms with Gasteiger partial charge in [-0.3, -0.25) is 4.79 Å². The number of nitrogens with one attached hydrogen (secondary N) is 1. The van der Waals surface area contributed by atoms with E-state index in [1.165, 1.54) is 7.11 Å². The molecule has 0 aliphatic heterocycles. The third kappa shape index (κ3) is 2.13. The van der Waals surface area contributed by atoms with Crippen LogP contribution in [0.3, 0.4) is 0 Å². The van der Waals surface area contributed by atoms with Gasteiger partial charge in [0.05, 0.1) is 12.8 Å². The summed E-state index contributed by atoms with van der Waals surface area (Å²) in [4.78, 5) is 23.1. The van der Waals surface area contributed by atoms with Crippen molar-refractivity contribution in [3.63, 3.8) is 0 Å². The molecule has 1 aromatic heterocycles. The SMILES string of the molecule is COC(=O)c1c(NC2CCC2)sc(C(N)=O)c1N. The van der Waals surface area contributed by atoms with Crippen LogP contribution in [-0.2, 0) is 4.74 Å². The van der Waals surface area contributed by atoms with Gasteiger partial charge in [0.1, 0.15) is 15.4 Å². The molecule has 0 spiro atoms. The Morgan fingerprint density at radius 3 is 2.56 bits per heavy atom. The molecule has 1 fully saturated rings. The van der Waals surface area contributed by atoms with Crippen molar-refractivity contribution in [2.24, 2.45) is 5.73 Å². The van der Waals surface area contributed by atoms with Gasteiger partial charge in [-0.05, 0) is 19.3 Å². The van der Waals surface area contributed by atoms with E-state index in [2.05, 4.69) is 10.1 Å². The molecule has 7 heteroatoms. The molecule has 1 heterocycles. The van der Waals surface area contributed by atoms with Gasteiger partial charge >= 0.3 is 5.97 Å². The number of carbonyl (C=O) groups is 2. The summed E-state index contributed by atoms with van der Waals surface area (Å²) in [6.07, 6.45) is 3.25.